The summed E-state index contributed by atoms with van der Waals surface area (Å²) in [6.07, 6.45) is 1.80. The summed E-state index contributed by atoms with van der Waals surface area (Å²) >= 11 is 0. The summed E-state index contributed by atoms with van der Waals surface area (Å²) in [5, 5.41) is 5.58. The normalized spacial score (nSPS) is 16.9. The van der Waals surface area contributed by atoms with Gasteiger partial charge in [0.15, 0.2) is 0 Å². The van der Waals surface area contributed by atoms with Crippen molar-refractivity contribution in [3.05, 3.63) is 60.2 Å². The highest BCUT2D eigenvalue weighted by Gasteiger charge is 2.26. The van der Waals surface area contributed by atoms with Crippen LogP contribution in [0.4, 0.5) is 0 Å². The van der Waals surface area contributed by atoms with Gasteiger partial charge in [-0.05, 0) is 29.5 Å². The summed E-state index contributed by atoms with van der Waals surface area (Å²) in [5.41, 5.74) is 3.55. The first-order valence-corrected chi connectivity index (χ1v) is 7.94. The molecule has 0 spiro atoms. The second-order valence-electron chi connectivity index (χ2n) is 5.77. The van der Waals surface area contributed by atoms with Crippen molar-refractivity contribution < 1.29 is 9.59 Å². The van der Waals surface area contributed by atoms with Crippen molar-refractivity contribution in [1.82, 2.24) is 10.6 Å². The monoisotopic (exact) mass is 308 g/mol. The van der Waals surface area contributed by atoms with Gasteiger partial charge in [-0.25, -0.2) is 0 Å². The van der Waals surface area contributed by atoms with Crippen LogP contribution in [0.2, 0.25) is 0 Å². The minimum atomic E-state index is -0.363. The molecule has 4 heteroatoms. The van der Waals surface area contributed by atoms with Crippen molar-refractivity contribution in [2.45, 2.75) is 25.3 Å². The summed E-state index contributed by atoms with van der Waals surface area (Å²) in [6, 6.07) is 18.2. The Morgan fingerprint density at radius 1 is 1.09 bits per heavy atom. The number of benzene rings is 2. The van der Waals surface area contributed by atoms with Crippen LogP contribution in [0.3, 0.4) is 0 Å². The van der Waals surface area contributed by atoms with E-state index in [9.17, 15) is 9.59 Å². The van der Waals surface area contributed by atoms with Gasteiger partial charge >= 0.3 is 0 Å². The molecule has 1 fully saturated rings. The number of nitrogens with one attached hydrogen (secondary N) is 2. The van der Waals surface area contributed by atoms with E-state index in [0.717, 1.165) is 6.42 Å². The minimum Gasteiger partial charge on any atom is -0.354 e. The Bertz CT molecular complexity index is 698. The first-order valence-electron chi connectivity index (χ1n) is 7.94. The predicted molar refractivity (Wildman–Crippen MR) is 89.8 cm³/mol. The van der Waals surface area contributed by atoms with Crippen LogP contribution in [0, 0.1) is 0 Å². The van der Waals surface area contributed by atoms with Gasteiger partial charge in [-0.2, -0.15) is 0 Å². The SMILES string of the molecule is O=C1CC[C@@H](C(=O)NCCc2cccc(-c3ccccc3)c2)N1. The molecule has 2 N–H and O–H groups in total. The maximum atomic E-state index is 11.9. The number of hydrogen-bond donors (Lipinski definition) is 2. The van der Waals surface area contributed by atoms with E-state index in [-0.39, 0.29) is 17.9 Å². The lowest BCUT2D eigenvalue weighted by Crippen LogP contribution is -2.42. The van der Waals surface area contributed by atoms with E-state index in [4.69, 9.17) is 0 Å². The molecule has 1 aliphatic heterocycles. The maximum Gasteiger partial charge on any atom is 0.242 e. The molecule has 118 valence electrons. The molecule has 2 aromatic carbocycles. The quantitative estimate of drug-likeness (QED) is 0.890. The van der Waals surface area contributed by atoms with E-state index in [1.165, 1.54) is 16.7 Å². The third kappa shape index (κ3) is 3.97. The topological polar surface area (TPSA) is 58.2 Å². The van der Waals surface area contributed by atoms with E-state index in [0.29, 0.717) is 19.4 Å². The summed E-state index contributed by atoms with van der Waals surface area (Å²) in [7, 11) is 0. The Balaban J connectivity index is 1.55. The Morgan fingerprint density at radius 3 is 2.61 bits per heavy atom. The van der Waals surface area contributed by atoms with Gasteiger partial charge in [-0.15, -0.1) is 0 Å². The molecular formula is C19H20N2O2. The molecule has 0 unspecified atom stereocenters. The molecule has 0 saturated carbocycles. The van der Waals surface area contributed by atoms with Gasteiger partial charge in [0.1, 0.15) is 6.04 Å². The molecule has 3 rings (SSSR count). The Kier molecular flexibility index (Phi) is 4.71. The Hall–Kier alpha value is -2.62. The van der Waals surface area contributed by atoms with E-state index in [2.05, 4.69) is 41.0 Å². The van der Waals surface area contributed by atoms with Crippen molar-refractivity contribution >= 4 is 11.8 Å². The molecule has 0 radical (unpaired) electrons. The first-order chi connectivity index (χ1) is 11.2. The van der Waals surface area contributed by atoms with Crippen LogP contribution in [0.5, 0.6) is 0 Å². The summed E-state index contributed by atoms with van der Waals surface area (Å²) in [6.45, 7) is 0.573. The van der Waals surface area contributed by atoms with Crippen LogP contribution in [-0.4, -0.2) is 24.4 Å². The smallest absolute Gasteiger partial charge is 0.242 e. The van der Waals surface area contributed by atoms with Crippen LogP contribution in [0.1, 0.15) is 18.4 Å². The number of amides is 2. The third-order valence-electron chi connectivity index (χ3n) is 4.06. The highest BCUT2D eigenvalue weighted by atomic mass is 16.2. The zero-order chi connectivity index (χ0) is 16.1. The van der Waals surface area contributed by atoms with Gasteiger partial charge in [0.05, 0.1) is 0 Å². The molecule has 2 amide bonds. The molecule has 0 aliphatic carbocycles. The standard InChI is InChI=1S/C19H20N2O2/c22-18-10-9-17(21-18)19(23)20-12-11-14-5-4-8-16(13-14)15-6-2-1-3-7-15/h1-8,13,17H,9-12H2,(H,20,23)(H,21,22)/t17-/m0/s1. The predicted octanol–water partition coefficient (Wildman–Crippen LogP) is 2.29. The average Bonchev–Trinajstić information content (AvgIpc) is 3.02. The van der Waals surface area contributed by atoms with Crippen molar-refractivity contribution in [2.75, 3.05) is 6.54 Å². The highest BCUT2D eigenvalue weighted by molar-refractivity contribution is 5.90. The van der Waals surface area contributed by atoms with Crippen molar-refractivity contribution in [2.24, 2.45) is 0 Å². The lowest BCUT2D eigenvalue weighted by molar-refractivity contribution is -0.125. The molecule has 1 heterocycles. The number of carbonyl (C=O) groups is 2. The molecule has 1 aliphatic rings. The average molecular weight is 308 g/mol. The van der Waals surface area contributed by atoms with Gasteiger partial charge in [0.2, 0.25) is 11.8 Å². The van der Waals surface area contributed by atoms with E-state index >= 15 is 0 Å². The lowest BCUT2D eigenvalue weighted by Gasteiger charge is -2.11. The molecule has 0 aromatic heterocycles. The van der Waals surface area contributed by atoms with Gasteiger partial charge < -0.3 is 10.6 Å². The number of carbonyl (C=O) groups excluding carboxylic acids is 2. The fraction of sp³-hybridized carbons (Fsp3) is 0.263. The van der Waals surface area contributed by atoms with E-state index < -0.39 is 0 Å². The highest BCUT2D eigenvalue weighted by Crippen LogP contribution is 2.20. The molecule has 1 atom stereocenters. The molecule has 1 saturated heterocycles. The zero-order valence-electron chi connectivity index (χ0n) is 12.9. The van der Waals surface area contributed by atoms with Crippen molar-refractivity contribution in [3.8, 4) is 11.1 Å². The van der Waals surface area contributed by atoms with Crippen molar-refractivity contribution in [1.29, 1.82) is 0 Å². The molecular weight excluding hydrogens is 288 g/mol. The summed E-state index contributed by atoms with van der Waals surface area (Å²) < 4.78 is 0. The van der Waals surface area contributed by atoms with Crippen LogP contribution in [0.25, 0.3) is 11.1 Å². The summed E-state index contributed by atoms with van der Waals surface area (Å²) in [5.74, 6) is -0.129. The van der Waals surface area contributed by atoms with Crippen molar-refractivity contribution in [3.63, 3.8) is 0 Å². The van der Waals surface area contributed by atoms with E-state index in [1.54, 1.807) is 0 Å². The molecule has 0 bridgehead atoms. The van der Waals surface area contributed by atoms with Gasteiger partial charge in [0, 0.05) is 13.0 Å². The largest absolute Gasteiger partial charge is 0.354 e. The number of hydrogen-bond acceptors (Lipinski definition) is 2. The molecule has 4 nitrogen and oxygen atoms in total. The number of rotatable bonds is 5. The lowest BCUT2D eigenvalue weighted by atomic mass is 10.0. The Labute approximate surface area is 135 Å². The third-order valence-corrected chi connectivity index (χ3v) is 4.06. The second kappa shape index (κ2) is 7.09. The van der Waals surface area contributed by atoms with Crippen LogP contribution < -0.4 is 10.6 Å². The van der Waals surface area contributed by atoms with Gasteiger partial charge in [0.25, 0.3) is 0 Å². The summed E-state index contributed by atoms with van der Waals surface area (Å²) in [4.78, 5) is 23.1. The maximum absolute atomic E-state index is 11.9. The van der Waals surface area contributed by atoms with Crippen LogP contribution in [-0.2, 0) is 16.0 Å². The zero-order valence-corrected chi connectivity index (χ0v) is 12.9. The fourth-order valence-electron chi connectivity index (χ4n) is 2.80. The minimum absolute atomic E-state index is 0.0410. The Morgan fingerprint density at radius 2 is 1.87 bits per heavy atom. The van der Waals surface area contributed by atoms with Crippen LogP contribution in [0.15, 0.2) is 54.6 Å². The second-order valence-corrected chi connectivity index (χ2v) is 5.77. The van der Waals surface area contributed by atoms with Gasteiger partial charge in [-0.3, -0.25) is 9.59 Å². The van der Waals surface area contributed by atoms with Gasteiger partial charge in [-0.1, -0.05) is 54.6 Å². The first kappa shape index (κ1) is 15.3. The molecule has 23 heavy (non-hydrogen) atoms. The van der Waals surface area contributed by atoms with E-state index in [1.807, 2.05) is 24.3 Å². The molecule has 2 aromatic rings. The van der Waals surface area contributed by atoms with Crippen LogP contribution >= 0.6 is 0 Å². The fourth-order valence-corrected chi connectivity index (χ4v) is 2.80.